The number of pyridine rings is 2. The molecule has 0 atom stereocenters. The second-order valence-electron chi connectivity index (χ2n) is 4.33. The van der Waals surface area contributed by atoms with Gasteiger partial charge >= 0.3 is 0 Å². The number of aromatic nitrogens is 2. The van der Waals surface area contributed by atoms with Gasteiger partial charge in [-0.2, -0.15) is 0 Å². The van der Waals surface area contributed by atoms with Gasteiger partial charge in [0, 0.05) is 16.6 Å². The summed E-state index contributed by atoms with van der Waals surface area (Å²) in [5.41, 5.74) is 1.56. The molecule has 1 N–H and O–H groups in total. The van der Waals surface area contributed by atoms with Crippen LogP contribution in [0.2, 0.25) is 5.02 Å². The maximum absolute atomic E-state index is 12.3. The van der Waals surface area contributed by atoms with Crippen molar-refractivity contribution in [2.24, 2.45) is 0 Å². The average molecular weight is 363 g/mol. The molecule has 3 rings (SSSR count). The van der Waals surface area contributed by atoms with E-state index in [1.54, 1.807) is 36.5 Å². The van der Waals surface area contributed by atoms with Crippen LogP contribution >= 0.6 is 27.5 Å². The van der Waals surface area contributed by atoms with E-state index in [1.807, 2.05) is 12.1 Å². The molecule has 1 amide bonds. The number of halogens is 2. The Bertz CT molecular complexity index is 838. The van der Waals surface area contributed by atoms with Crippen molar-refractivity contribution in [2.75, 3.05) is 5.32 Å². The number of hydrogen-bond acceptors (Lipinski definition) is 3. The van der Waals surface area contributed by atoms with Gasteiger partial charge in [-0.1, -0.05) is 23.7 Å². The van der Waals surface area contributed by atoms with Crippen LogP contribution in [0, 0.1) is 0 Å². The fourth-order valence-electron chi connectivity index (χ4n) is 1.97. The van der Waals surface area contributed by atoms with Crippen molar-refractivity contribution in [3.8, 4) is 0 Å². The molecule has 0 bridgehead atoms. The van der Waals surface area contributed by atoms with E-state index in [2.05, 4.69) is 31.2 Å². The van der Waals surface area contributed by atoms with Gasteiger partial charge in [0.15, 0.2) is 0 Å². The Morgan fingerprint density at radius 1 is 1.19 bits per heavy atom. The number of rotatable bonds is 2. The van der Waals surface area contributed by atoms with Crippen LogP contribution in [-0.4, -0.2) is 15.9 Å². The summed E-state index contributed by atoms with van der Waals surface area (Å²) in [6.45, 7) is 0. The number of carbonyl (C=O) groups is 1. The molecule has 1 aromatic carbocycles. The number of hydrogen-bond donors (Lipinski definition) is 1. The van der Waals surface area contributed by atoms with Gasteiger partial charge in [-0.05, 0) is 46.3 Å². The van der Waals surface area contributed by atoms with Crippen LogP contribution in [-0.2, 0) is 0 Å². The summed E-state index contributed by atoms with van der Waals surface area (Å²) in [6.07, 6.45) is 1.67. The number of amides is 1. The zero-order valence-electron chi connectivity index (χ0n) is 10.7. The molecule has 6 heteroatoms. The Hall–Kier alpha value is -1.98. The highest BCUT2D eigenvalue weighted by molar-refractivity contribution is 9.10. The summed E-state index contributed by atoms with van der Waals surface area (Å²) in [7, 11) is 0. The molecule has 2 aromatic heterocycles. The van der Waals surface area contributed by atoms with Crippen molar-refractivity contribution >= 4 is 50.0 Å². The van der Waals surface area contributed by atoms with Crippen molar-refractivity contribution in [3.05, 3.63) is 64.0 Å². The summed E-state index contributed by atoms with van der Waals surface area (Å²) in [4.78, 5) is 20.7. The highest BCUT2D eigenvalue weighted by Crippen LogP contribution is 2.26. The largest absolute Gasteiger partial charge is 0.319 e. The number of anilines is 1. The van der Waals surface area contributed by atoms with Crippen LogP contribution in [0.5, 0.6) is 0 Å². The van der Waals surface area contributed by atoms with E-state index in [1.165, 1.54) is 0 Å². The lowest BCUT2D eigenvalue weighted by Crippen LogP contribution is -2.14. The van der Waals surface area contributed by atoms with Crippen LogP contribution in [0.4, 0.5) is 5.69 Å². The summed E-state index contributed by atoms with van der Waals surface area (Å²) in [6, 6.07) is 12.3. The first-order valence-corrected chi connectivity index (χ1v) is 7.29. The zero-order valence-corrected chi connectivity index (χ0v) is 13.0. The third-order valence-electron chi connectivity index (χ3n) is 2.87. The van der Waals surface area contributed by atoms with Gasteiger partial charge in [0.25, 0.3) is 5.91 Å². The van der Waals surface area contributed by atoms with Gasteiger partial charge in [-0.3, -0.25) is 9.78 Å². The summed E-state index contributed by atoms with van der Waals surface area (Å²) < 4.78 is 0.601. The van der Waals surface area contributed by atoms with Gasteiger partial charge in [-0.25, -0.2) is 4.98 Å². The fourth-order valence-corrected chi connectivity index (χ4v) is 2.54. The molecule has 0 fully saturated rings. The zero-order chi connectivity index (χ0) is 14.8. The quantitative estimate of drug-likeness (QED) is 0.692. The molecule has 0 saturated carbocycles. The van der Waals surface area contributed by atoms with E-state index in [0.717, 1.165) is 5.39 Å². The van der Waals surface area contributed by atoms with Gasteiger partial charge < -0.3 is 5.32 Å². The predicted octanol–water partition coefficient (Wildman–Crippen LogP) is 4.30. The predicted molar refractivity (Wildman–Crippen MR) is 86.6 cm³/mol. The molecule has 0 aliphatic heterocycles. The van der Waals surface area contributed by atoms with E-state index in [-0.39, 0.29) is 5.91 Å². The van der Waals surface area contributed by atoms with Crippen molar-refractivity contribution in [2.45, 2.75) is 0 Å². The van der Waals surface area contributed by atoms with E-state index in [4.69, 9.17) is 11.6 Å². The number of nitrogens with zero attached hydrogens (tertiary/aromatic N) is 2. The average Bonchev–Trinajstić information content (AvgIpc) is 2.47. The van der Waals surface area contributed by atoms with Crippen LogP contribution in [0.15, 0.2) is 53.3 Å². The van der Waals surface area contributed by atoms with E-state index in [0.29, 0.717) is 26.5 Å². The molecule has 0 unspecified atom stereocenters. The second-order valence-corrected chi connectivity index (χ2v) is 5.58. The minimum atomic E-state index is -0.314. The number of nitrogens with one attached hydrogen (secondary N) is 1. The molecule has 0 aliphatic carbocycles. The Balaban J connectivity index is 2.00. The lowest BCUT2D eigenvalue weighted by atomic mass is 10.2. The van der Waals surface area contributed by atoms with Crippen molar-refractivity contribution in [1.82, 2.24) is 9.97 Å². The van der Waals surface area contributed by atoms with E-state index >= 15 is 0 Å². The third kappa shape index (κ3) is 3.04. The smallest absolute Gasteiger partial charge is 0.274 e. The molecule has 2 heterocycles. The highest BCUT2D eigenvalue weighted by Gasteiger charge is 2.11. The fraction of sp³-hybridized carbons (Fsp3) is 0. The first-order valence-electron chi connectivity index (χ1n) is 6.12. The van der Waals surface area contributed by atoms with Crippen LogP contribution in [0.1, 0.15) is 10.5 Å². The third-order valence-corrected chi connectivity index (χ3v) is 3.53. The van der Waals surface area contributed by atoms with Crippen LogP contribution in [0.3, 0.4) is 0 Å². The summed E-state index contributed by atoms with van der Waals surface area (Å²) in [5.74, 6) is -0.314. The SMILES string of the molecule is O=C(Nc1cc(Cl)cc2cccnc12)c1cccc(Br)n1. The molecule has 0 aliphatic rings. The van der Waals surface area contributed by atoms with Crippen molar-refractivity contribution in [1.29, 1.82) is 0 Å². The molecular formula is C15H9BrClN3O. The van der Waals surface area contributed by atoms with Gasteiger partial charge in [0.1, 0.15) is 10.3 Å². The highest BCUT2D eigenvalue weighted by atomic mass is 79.9. The molecule has 104 valence electrons. The molecule has 0 spiro atoms. The number of benzene rings is 1. The molecule has 0 saturated heterocycles. The first kappa shape index (κ1) is 14.0. The summed E-state index contributed by atoms with van der Waals surface area (Å²) >= 11 is 9.32. The monoisotopic (exact) mass is 361 g/mol. The lowest BCUT2D eigenvalue weighted by molar-refractivity contribution is 0.102. The maximum atomic E-state index is 12.3. The molecule has 21 heavy (non-hydrogen) atoms. The Morgan fingerprint density at radius 3 is 2.86 bits per heavy atom. The number of carbonyl (C=O) groups excluding carboxylic acids is 1. The minimum Gasteiger partial charge on any atom is -0.319 e. The lowest BCUT2D eigenvalue weighted by Gasteiger charge is -2.08. The van der Waals surface area contributed by atoms with Crippen molar-refractivity contribution in [3.63, 3.8) is 0 Å². The standard InChI is InChI=1S/C15H9BrClN3O/c16-13-5-1-4-11(19-13)15(21)20-12-8-10(17)7-9-3-2-6-18-14(9)12/h1-8H,(H,20,21). The van der Waals surface area contributed by atoms with E-state index < -0.39 is 0 Å². The topological polar surface area (TPSA) is 54.9 Å². The summed E-state index contributed by atoms with van der Waals surface area (Å²) in [5, 5.41) is 4.20. The van der Waals surface area contributed by atoms with Gasteiger partial charge in [0.05, 0.1) is 11.2 Å². The first-order chi connectivity index (χ1) is 10.1. The van der Waals surface area contributed by atoms with E-state index in [9.17, 15) is 4.79 Å². The molecule has 4 nitrogen and oxygen atoms in total. The Labute approximate surface area is 134 Å². The molecule has 3 aromatic rings. The van der Waals surface area contributed by atoms with Gasteiger partial charge in [-0.15, -0.1) is 0 Å². The van der Waals surface area contributed by atoms with Crippen LogP contribution in [0.25, 0.3) is 10.9 Å². The maximum Gasteiger partial charge on any atom is 0.274 e. The minimum absolute atomic E-state index is 0.313. The van der Waals surface area contributed by atoms with Crippen LogP contribution < -0.4 is 5.32 Å². The van der Waals surface area contributed by atoms with Crippen molar-refractivity contribution < 1.29 is 4.79 Å². The second kappa shape index (κ2) is 5.79. The molecular weight excluding hydrogens is 354 g/mol. The normalized spacial score (nSPS) is 10.6. The Kier molecular flexibility index (Phi) is 3.86. The molecule has 0 radical (unpaired) electrons. The van der Waals surface area contributed by atoms with Gasteiger partial charge in [0.2, 0.25) is 0 Å². The number of fused-ring (bicyclic) bond motifs is 1. The Morgan fingerprint density at radius 2 is 2.05 bits per heavy atom.